The molecule has 10 heteroatoms. The van der Waals surface area contributed by atoms with Crippen LogP contribution in [0, 0.1) is 11.6 Å². The summed E-state index contributed by atoms with van der Waals surface area (Å²) in [4.78, 5) is 33.1. The molecule has 2 aromatic carbocycles. The highest BCUT2D eigenvalue weighted by atomic mass is 35.5. The Morgan fingerprint density at radius 2 is 1.94 bits per heavy atom. The van der Waals surface area contributed by atoms with Gasteiger partial charge in [0.1, 0.15) is 0 Å². The molecule has 2 amide bonds. The van der Waals surface area contributed by atoms with Gasteiger partial charge in [-0.05, 0) is 43.2 Å². The zero-order valence-corrected chi connectivity index (χ0v) is 18.9. The van der Waals surface area contributed by atoms with E-state index in [4.69, 9.17) is 11.6 Å². The molecule has 3 rings (SSSR count). The summed E-state index contributed by atoms with van der Waals surface area (Å²) >= 11 is 7.86. The SMILES string of the molecule is COC(=O)CCNC=O.O=C(Nc1ccc(F)c(F)c1)c1ccc(Cl)c(SC2CCC2)c1. The van der Waals surface area contributed by atoms with Crippen molar-refractivity contribution in [2.75, 3.05) is 19.0 Å². The predicted molar refractivity (Wildman–Crippen MR) is 120 cm³/mol. The van der Waals surface area contributed by atoms with Gasteiger partial charge in [-0.3, -0.25) is 14.4 Å². The van der Waals surface area contributed by atoms with Crippen molar-refractivity contribution >= 4 is 47.3 Å². The van der Waals surface area contributed by atoms with Crippen LogP contribution < -0.4 is 10.6 Å². The molecule has 0 saturated heterocycles. The number of rotatable bonds is 8. The Morgan fingerprint density at radius 3 is 2.53 bits per heavy atom. The molecule has 1 fully saturated rings. The van der Waals surface area contributed by atoms with E-state index in [0.717, 1.165) is 29.9 Å². The number of methoxy groups -OCH3 is 1. The Bertz CT molecular complexity index is 958. The van der Waals surface area contributed by atoms with Gasteiger partial charge in [0.05, 0.1) is 18.6 Å². The molecule has 2 aromatic rings. The first-order valence-corrected chi connectivity index (χ1v) is 11.1. The number of ether oxygens (including phenoxy) is 1. The largest absolute Gasteiger partial charge is 0.469 e. The van der Waals surface area contributed by atoms with Gasteiger partial charge in [-0.2, -0.15) is 0 Å². The second-order valence-electron chi connectivity index (χ2n) is 6.80. The third-order valence-electron chi connectivity index (χ3n) is 4.50. The van der Waals surface area contributed by atoms with Gasteiger partial charge >= 0.3 is 5.97 Å². The fourth-order valence-electron chi connectivity index (χ4n) is 2.52. The van der Waals surface area contributed by atoms with Crippen LogP contribution in [-0.2, 0) is 14.3 Å². The van der Waals surface area contributed by atoms with Gasteiger partial charge in [-0.25, -0.2) is 8.78 Å². The summed E-state index contributed by atoms with van der Waals surface area (Å²) in [5.74, 6) is -2.65. The minimum Gasteiger partial charge on any atom is -0.469 e. The van der Waals surface area contributed by atoms with E-state index in [9.17, 15) is 23.2 Å². The van der Waals surface area contributed by atoms with Crippen molar-refractivity contribution in [1.82, 2.24) is 5.32 Å². The van der Waals surface area contributed by atoms with Crippen molar-refractivity contribution in [3.8, 4) is 0 Å². The molecule has 2 N–H and O–H groups in total. The Balaban J connectivity index is 0.000000344. The highest BCUT2D eigenvalue weighted by Crippen LogP contribution is 2.39. The van der Waals surface area contributed by atoms with Gasteiger partial charge in [0.2, 0.25) is 6.41 Å². The molecule has 1 aliphatic rings. The maximum Gasteiger partial charge on any atom is 0.307 e. The smallest absolute Gasteiger partial charge is 0.307 e. The first-order valence-electron chi connectivity index (χ1n) is 9.80. The highest BCUT2D eigenvalue weighted by molar-refractivity contribution is 8.00. The van der Waals surface area contributed by atoms with Crippen molar-refractivity contribution in [1.29, 1.82) is 0 Å². The lowest BCUT2D eigenvalue weighted by Crippen LogP contribution is -2.16. The second kappa shape index (κ2) is 13.0. The van der Waals surface area contributed by atoms with E-state index in [-0.39, 0.29) is 24.0 Å². The summed E-state index contributed by atoms with van der Waals surface area (Å²) in [5.41, 5.74) is 0.637. The molecule has 0 bridgehead atoms. The van der Waals surface area contributed by atoms with Gasteiger partial charge in [0.25, 0.3) is 5.91 Å². The number of esters is 1. The van der Waals surface area contributed by atoms with E-state index in [1.165, 1.54) is 19.6 Å². The molecular weight excluding hydrogens is 462 g/mol. The zero-order chi connectivity index (χ0) is 23.5. The van der Waals surface area contributed by atoms with Crippen LogP contribution in [0.1, 0.15) is 36.0 Å². The standard InChI is InChI=1S/C17H14ClF2NOS.C5H9NO3/c18-13-6-4-10(8-16(13)23-12-2-1-3-12)17(22)21-11-5-7-14(19)15(20)9-11;1-9-5(8)2-3-6-4-7/h4-9,12H,1-3H2,(H,21,22);4H,2-3H2,1H3,(H,6,7). The van der Waals surface area contributed by atoms with Crippen molar-refractivity contribution < 1.29 is 27.9 Å². The number of anilines is 1. The summed E-state index contributed by atoms with van der Waals surface area (Å²) in [6.45, 7) is 0.343. The number of hydrogen-bond donors (Lipinski definition) is 2. The maximum atomic E-state index is 13.2. The van der Waals surface area contributed by atoms with Gasteiger partial charge < -0.3 is 15.4 Å². The quantitative estimate of drug-likeness (QED) is 0.319. The number of halogens is 3. The lowest BCUT2D eigenvalue weighted by molar-refractivity contribution is -0.140. The molecule has 1 saturated carbocycles. The molecule has 0 atom stereocenters. The lowest BCUT2D eigenvalue weighted by atomic mass is 10.00. The highest BCUT2D eigenvalue weighted by Gasteiger charge is 2.20. The summed E-state index contributed by atoms with van der Waals surface area (Å²) in [6.07, 6.45) is 4.32. The average Bonchev–Trinajstić information content (AvgIpc) is 2.75. The van der Waals surface area contributed by atoms with Crippen molar-refractivity contribution in [2.24, 2.45) is 0 Å². The molecule has 0 spiro atoms. The van der Waals surface area contributed by atoms with Crippen LogP contribution in [0.15, 0.2) is 41.3 Å². The average molecular weight is 485 g/mol. The fraction of sp³-hybridized carbons (Fsp3) is 0.318. The molecule has 0 aromatic heterocycles. The third kappa shape index (κ3) is 8.12. The van der Waals surface area contributed by atoms with E-state index in [2.05, 4.69) is 15.4 Å². The summed E-state index contributed by atoms with van der Waals surface area (Å²) in [6, 6.07) is 8.28. The van der Waals surface area contributed by atoms with Crippen LogP contribution >= 0.6 is 23.4 Å². The van der Waals surface area contributed by atoms with E-state index < -0.39 is 11.6 Å². The third-order valence-corrected chi connectivity index (χ3v) is 6.34. The molecule has 0 unspecified atom stereocenters. The van der Waals surface area contributed by atoms with E-state index >= 15 is 0 Å². The summed E-state index contributed by atoms with van der Waals surface area (Å²) < 4.78 is 30.4. The topological polar surface area (TPSA) is 84.5 Å². The number of carbonyl (C=O) groups is 3. The second-order valence-corrected chi connectivity index (χ2v) is 8.55. The maximum absolute atomic E-state index is 13.2. The van der Waals surface area contributed by atoms with Gasteiger partial charge in [0, 0.05) is 34.0 Å². The Kier molecular flexibility index (Phi) is 10.4. The molecule has 1 aliphatic carbocycles. The Morgan fingerprint density at radius 1 is 1.19 bits per heavy atom. The van der Waals surface area contributed by atoms with E-state index in [1.807, 2.05) is 0 Å². The van der Waals surface area contributed by atoms with Gasteiger partial charge in [-0.15, -0.1) is 11.8 Å². The summed E-state index contributed by atoms with van der Waals surface area (Å²) in [5, 5.41) is 6.06. The first kappa shape index (κ1) is 25.6. The van der Waals surface area contributed by atoms with Crippen LogP contribution in [-0.4, -0.2) is 37.2 Å². The first-order chi connectivity index (χ1) is 15.3. The Labute approximate surface area is 194 Å². The van der Waals surface area contributed by atoms with Crippen molar-refractivity contribution in [3.63, 3.8) is 0 Å². The number of nitrogens with one attached hydrogen (secondary N) is 2. The number of hydrogen-bond acceptors (Lipinski definition) is 5. The molecule has 6 nitrogen and oxygen atoms in total. The van der Waals surface area contributed by atoms with Crippen LogP contribution in [0.2, 0.25) is 5.02 Å². The molecular formula is C22H23ClF2N2O4S. The Hall–Kier alpha value is -2.65. The zero-order valence-electron chi connectivity index (χ0n) is 17.3. The summed E-state index contributed by atoms with van der Waals surface area (Å²) in [7, 11) is 1.31. The molecule has 172 valence electrons. The normalized spacial score (nSPS) is 12.6. The van der Waals surface area contributed by atoms with E-state index in [0.29, 0.717) is 28.8 Å². The number of carbonyl (C=O) groups excluding carboxylic acids is 3. The van der Waals surface area contributed by atoms with Crippen LogP contribution in [0.3, 0.4) is 0 Å². The number of benzene rings is 2. The van der Waals surface area contributed by atoms with Crippen LogP contribution in [0.4, 0.5) is 14.5 Å². The van der Waals surface area contributed by atoms with Crippen molar-refractivity contribution in [2.45, 2.75) is 35.8 Å². The fourth-order valence-corrected chi connectivity index (χ4v) is 4.07. The van der Waals surface area contributed by atoms with Gasteiger partial charge in [-0.1, -0.05) is 18.0 Å². The molecule has 0 aliphatic heterocycles. The van der Waals surface area contributed by atoms with Crippen molar-refractivity contribution in [3.05, 3.63) is 58.6 Å². The number of thioether (sulfide) groups is 1. The number of amides is 2. The minimum absolute atomic E-state index is 0.206. The van der Waals surface area contributed by atoms with Crippen LogP contribution in [0.5, 0.6) is 0 Å². The molecule has 0 radical (unpaired) electrons. The molecule has 32 heavy (non-hydrogen) atoms. The van der Waals surface area contributed by atoms with Gasteiger partial charge in [0.15, 0.2) is 11.6 Å². The molecule has 0 heterocycles. The minimum atomic E-state index is -1.000. The van der Waals surface area contributed by atoms with E-state index in [1.54, 1.807) is 30.0 Å². The van der Waals surface area contributed by atoms with Crippen LogP contribution in [0.25, 0.3) is 0 Å². The lowest BCUT2D eigenvalue weighted by Gasteiger charge is -2.25. The monoisotopic (exact) mass is 484 g/mol. The predicted octanol–water partition coefficient (Wildman–Crippen LogP) is 4.81.